The lowest BCUT2D eigenvalue weighted by molar-refractivity contribution is -0.0355. The first-order chi connectivity index (χ1) is 11.6. The Bertz CT molecular complexity index is 713. The van der Waals surface area contributed by atoms with Gasteiger partial charge < -0.3 is 24.3 Å². The molecule has 6 nitrogen and oxygen atoms in total. The average Bonchev–Trinajstić information content (AvgIpc) is 2.97. The number of anilines is 1. The molecule has 0 radical (unpaired) electrons. The van der Waals surface area contributed by atoms with Gasteiger partial charge in [0.05, 0.1) is 30.9 Å². The molecule has 0 bridgehead atoms. The number of amides is 2. The number of fused-ring (bicyclic) bond motifs is 1. The van der Waals surface area contributed by atoms with Crippen molar-refractivity contribution < 1.29 is 14.3 Å². The molecule has 24 heavy (non-hydrogen) atoms. The van der Waals surface area contributed by atoms with Crippen LogP contribution in [-0.4, -0.2) is 54.5 Å². The van der Waals surface area contributed by atoms with E-state index in [1.54, 1.807) is 7.11 Å². The van der Waals surface area contributed by atoms with Gasteiger partial charge in [0.15, 0.2) is 0 Å². The van der Waals surface area contributed by atoms with E-state index in [9.17, 15) is 4.79 Å². The van der Waals surface area contributed by atoms with E-state index in [0.29, 0.717) is 19.8 Å². The summed E-state index contributed by atoms with van der Waals surface area (Å²) in [4.78, 5) is 14.4. The van der Waals surface area contributed by atoms with Crippen molar-refractivity contribution >= 4 is 22.6 Å². The molecule has 1 N–H and O–H groups in total. The smallest absolute Gasteiger partial charge is 0.322 e. The highest BCUT2D eigenvalue weighted by atomic mass is 16.5. The first-order valence-electron chi connectivity index (χ1n) is 8.37. The van der Waals surface area contributed by atoms with E-state index >= 15 is 0 Å². The summed E-state index contributed by atoms with van der Waals surface area (Å²) in [6.45, 7) is 6.65. The van der Waals surface area contributed by atoms with Gasteiger partial charge in [-0.05, 0) is 37.4 Å². The van der Waals surface area contributed by atoms with Gasteiger partial charge >= 0.3 is 6.03 Å². The second-order valence-corrected chi connectivity index (χ2v) is 6.22. The molecule has 0 unspecified atom stereocenters. The minimum Gasteiger partial charge on any atom is -0.383 e. The maximum absolute atomic E-state index is 12.6. The molecule has 1 aliphatic rings. The number of urea groups is 1. The van der Waals surface area contributed by atoms with Gasteiger partial charge in [-0.3, -0.25) is 0 Å². The molecular formula is C18H25N3O3. The van der Waals surface area contributed by atoms with E-state index in [-0.39, 0.29) is 18.2 Å². The third kappa shape index (κ3) is 3.39. The van der Waals surface area contributed by atoms with Crippen molar-refractivity contribution in [3.63, 3.8) is 0 Å². The van der Waals surface area contributed by atoms with Crippen molar-refractivity contribution in [3.8, 4) is 0 Å². The highest BCUT2D eigenvalue weighted by Crippen LogP contribution is 2.22. The lowest BCUT2D eigenvalue weighted by atomic mass is 10.1. The summed E-state index contributed by atoms with van der Waals surface area (Å²) in [5.41, 5.74) is 1.89. The highest BCUT2D eigenvalue weighted by molar-refractivity contribution is 5.93. The topological polar surface area (TPSA) is 55.7 Å². The van der Waals surface area contributed by atoms with Gasteiger partial charge in [0.2, 0.25) is 0 Å². The molecular weight excluding hydrogens is 306 g/mol. The van der Waals surface area contributed by atoms with Crippen LogP contribution in [0.2, 0.25) is 0 Å². The van der Waals surface area contributed by atoms with E-state index in [4.69, 9.17) is 9.47 Å². The number of rotatable bonds is 4. The summed E-state index contributed by atoms with van der Waals surface area (Å²) in [5.74, 6) is 0. The van der Waals surface area contributed by atoms with Crippen molar-refractivity contribution in [1.82, 2.24) is 9.47 Å². The van der Waals surface area contributed by atoms with Crippen molar-refractivity contribution in [2.75, 3.05) is 32.2 Å². The van der Waals surface area contributed by atoms with Crippen molar-refractivity contribution in [1.29, 1.82) is 0 Å². The largest absolute Gasteiger partial charge is 0.383 e. The van der Waals surface area contributed by atoms with Crippen LogP contribution in [-0.2, 0) is 16.0 Å². The zero-order chi connectivity index (χ0) is 17.1. The van der Waals surface area contributed by atoms with E-state index < -0.39 is 0 Å². The van der Waals surface area contributed by atoms with Gasteiger partial charge in [-0.25, -0.2) is 4.79 Å². The maximum Gasteiger partial charge on any atom is 0.322 e. The van der Waals surface area contributed by atoms with Gasteiger partial charge in [-0.15, -0.1) is 0 Å². The van der Waals surface area contributed by atoms with Crippen LogP contribution in [0.3, 0.4) is 0 Å². The fourth-order valence-electron chi connectivity index (χ4n) is 3.06. The minimum absolute atomic E-state index is 0.0539. The Hall–Kier alpha value is -2.05. The quantitative estimate of drug-likeness (QED) is 0.937. The summed E-state index contributed by atoms with van der Waals surface area (Å²) < 4.78 is 12.9. The summed E-state index contributed by atoms with van der Waals surface area (Å²) in [6, 6.07) is 8.04. The predicted octanol–water partition coefficient (Wildman–Crippen LogP) is 2.93. The second-order valence-electron chi connectivity index (χ2n) is 6.22. The zero-order valence-electron chi connectivity index (χ0n) is 14.5. The Morgan fingerprint density at radius 2 is 2.21 bits per heavy atom. The molecule has 130 valence electrons. The van der Waals surface area contributed by atoms with Crippen LogP contribution in [0.1, 0.15) is 13.8 Å². The number of nitrogens with one attached hydrogen (secondary N) is 1. The maximum atomic E-state index is 12.6. The number of carbonyl (C=O) groups is 1. The standard InChI is InChI=1S/C18H25N3O3/c1-13-14(2)24-11-9-21(13)18(22)19-16-5-4-15-6-7-20(8-10-23-3)17(15)12-16/h4-7,12-14H,8-11H2,1-3H3,(H,19,22)/t13-,14+/m1/s1. The molecule has 6 heteroatoms. The molecule has 0 spiro atoms. The number of nitrogens with zero attached hydrogens (tertiary/aromatic N) is 2. The minimum atomic E-state index is -0.0769. The number of benzene rings is 1. The third-order valence-corrected chi connectivity index (χ3v) is 4.71. The lowest BCUT2D eigenvalue weighted by Crippen LogP contribution is -2.52. The van der Waals surface area contributed by atoms with Crippen LogP contribution in [0.15, 0.2) is 30.5 Å². The molecule has 1 saturated heterocycles. The molecule has 1 aromatic carbocycles. The van der Waals surface area contributed by atoms with Gasteiger partial charge in [0, 0.05) is 32.1 Å². The van der Waals surface area contributed by atoms with Crippen LogP contribution in [0.4, 0.5) is 10.5 Å². The summed E-state index contributed by atoms with van der Waals surface area (Å²) >= 11 is 0. The van der Waals surface area contributed by atoms with Gasteiger partial charge in [-0.2, -0.15) is 0 Å². The molecule has 1 aromatic heterocycles. The molecule has 1 fully saturated rings. The van der Waals surface area contributed by atoms with Crippen molar-refractivity contribution in [3.05, 3.63) is 30.5 Å². The van der Waals surface area contributed by atoms with Crippen LogP contribution in [0, 0.1) is 0 Å². The number of hydrogen-bond donors (Lipinski definition) is 1. The van der Waals surface area contributed by atoms with E-state index in [0.717, 1.165) is 23.1 Å². The van der Waals surface area contributed by atoms with Gasteiger partial charge in [-0.1, -0.05) is 6.07 Å². The fourth-order valence-corrected chi connectivity index (χ4v) is 3.06. The third-order valence-electron chi connectivity index (χ3n) is 4.71. The van der Waals surface area contributed by atoms with E-state index in [1.807, 2.05) is 43.1 Å². The summed E-state index contributed by atoms with van der Waals surface area (Å²) in [6.07, 6.45) is 2.10. The predicted molar refractivity (Wildman–Crippen MR) is 94.4 cm³/mol. The Labute approximate surface area is 142 Å². The Morgan fingerprint density at radius 3 is 3.00 bits per heavy atom. The van der Waals surface area contributed by atoms with Crippen LogP contribution in [0.25, 0.3) is 10.9 Å². The van der Waals surface area contributed by atoms with Gasteiger partial charge in [0.25, 0.3) is 0 Å². The van der Waals surface area contributed by atoms with Crippen LogP contribution < -0.4 is 5.32 Å². The molecule has 2 amide bonds. The molecule has 2 aromatic rings. The molecule has 2 atom stereocenters. The number of aromatic nitrogens is 1. The van der Waals surface area contributed by atoms with Crippen LogP contribution in [0.5, 0.6) is 0 Å². The number of methoxy groups -OCH3 is 1. The van der Waals surface area contributed by atoms with Crippen LogP contribution >= 0.6 is 0 Å². The Morgan fingerprint density at radius 1 is 1.38 bits per heavy atom. The first kappa shape index (κ1) is 16.8. The molecule has 1 aliphatic heterocycles. The highest BCUT2D eigenvalue weighted by Gasteiger charge is 2.29. The van der Waals surface area contributed by atoms with Gasteiger partial charge in [0.1, 0.15) is 0 Å². The monoisotopic (exact) mass is 331 g/mol. The zero-order valence-corrected chi connectivity index (χ0v) is 14.5. The molecule has 0 saturated carbocycles. The summed E-state index contributed by atoms with van der Waals surface area (Å²) in [7, 11) is 1.70. The Kier molecular flexibility index (Phi) is 5.06. The molecule has 2 heterocycles. The first-order valence-corrected chi connectivity index (χ1v) is 8.37. The number of morpholine rings is 1. The number of carbonyl (C=O) groups excluding carboxylic acids is 1. The Balaban J connectivity index is 1.75. The average molecular weight is 331 g/mol. The summed E-state index contributed by atoms with van der Waals surface area (Å²) in [5, 5.41) is 4.17. The number of hydrogen-bond acceptors (Lipinski definition) is 3. The molecule has 3 rings (SSSR count). The van der Waals surface area contributed by atoms with Crippen molar-refractivity contribution in [2.45, 2.75) is 32.5 Å². The fraction of sp³-hybridized carbons (Fsp3) is 0.500. The lowest BCUT2D eigenvalue weighted by Gasteiger charge is -2.37. The molecule has 0 aliphatic carbocycles. The second kappa shape index (κ2) is 7.23. The SMILES string of the molecule is COCCn1ccc2ccc(NC(=O)N3CCO[C@@H](C)[C@H]3C)cc21. The van der Waals surface area contributed by atoms with E-state index in [1.165, 1.54) is 0 Å². The number of ether oxygens (including phenoxy) is 2. The normalized spacial score (nSPS) is 21.2. The van der Waals surface area contributed by atoms with Crippen molar-refractivity contribution in [2.24, 2.45) is 0 Å². The van der Waals surface area contributed by atoms with E-state index in [2.05, 4.69) is 16.0 Å².